The molecular formula is C25H20BrFN2O4S. The molecule has 0 aromatic heterocycles. The van der Waals surface area contributed by atoms with Gasteiger partial charge >= 0.3 is 0 Å². The molecule has 2 aliphatic heterocycles. The van der Waals surface area contributed by atoms with E-state index in [0.717, 1.165) is 27.7 Å². The lowest BCUT2D eigenvalue weighted by Crippen LogP contribution is -2.29. The summed E-state index contributed by atoms with van der Waals surface area (Å²) in [5.74, 6) is 1.05. The Morgan fingerprint density at radius 1 is 1.03 bits per heavy atom. The fraction of sp³-hybridized carbons (Fsp3) is 0.200. The van der Waals surface area contributed by atoms with Gasteiger partial charge in [0.25, 0.3) is 10.0 Å². The lowest BCUT2D eigenvalue weighted by atomic mass is 9.77. The zero-order valence-corrected chi connectivity index (χ0v) is 20.2. The average molecular weight is 543 g/mol. The van der Waals surface area contributed by atoms with Gasteiger partial charge in [-0.05, 0) is 65.9 Å². The molecule has 2 heterocycles. The molecule has 0 radical (unpaired) electrons. The second-order valence-electron chi connectivity index (χ2n) is 8.54. The first-order valence-corrected chi connectivity index (χ1v) is 13.1. The van der Waals surface area contributed by atoms with Crippen molar-refractivity contribution in [3.8, 4) is 11.5 Å². The topological polar surface area (TPSA) is 76.7 Å². The van der Waals surface area contributed by atoms with Gasteiger partial charge in [0.15, 0.2) is 11.5 Å². The van der Waals surface area contributed by atoms with E-state index in [0.29, 0.717) is 11.5 Å². The van der Waals surface area contributed by atoms with Crippen molar-refractivity contribution in [3.05, 3.63) is 88.2 Å². The molecule has 34 heavy (non-hydrogen) atoms. The van der Waals surface area contributed by atoms with Gasteiger partial charge in [-0.25, -0.2) is 12.8 Å². The SMILES string of the molecule is O=S(=O)(Nc1ccccc1F)c1ccc2c(c1)[C@H]1C=CC[C@H]1[C@@H](c1cc3c(cc1Br)OCO3)N2. The van der Waals surface area contributed by atoms with E-state index < -0.39 is 15.8 Å². The van der Waals surface area contributed by atoms with Crippen molar-refractivity contribution in [1.82, 2.24) is 0 Å². The highest BCUT2D eigenvalue weighted by atomic mass is 79.9. The fourth-order valence-electron chi connectivity index (χ4n) is 4.97. The van der Waals surface area contributed by atoms with Crippen LogP contribution < -0.4 is 19.5 Å². The van der Waals surface area contributed by atoms with Gasteiger partial charge in [-0.2, -0.15) is 0 Å². The molecule has 0 bridgehead atoms. The van der Waals surface area contributed by atoms with E-state index in [1.165, 1.54) is 18.2 Å². The summed E-state index contributed by atoms with van der Waals surface area (Å²) in [7, 11) is -3.96. The Kier molecular flexibility index (Phi) is 5.07. The van der Waals surface area contributed by atoms with Crippen LogP contribution in [0.2, 0.25) is 0 Å². The summed E-state index contributed by atoms with van der Waals surface area (Å²) in [5.41, 5.74) is 2.76. The van der Waals surface area contributed by atoms with Crippen LogP contribution in [0.4, 0.5) is 15.8 Å². The molecule has 0 spiro atoms. The number of halogens is 2. The molecule has 0 saturated heterocycles. The number of nitrogens with one attached hydrogen (secondary N) is 2. The molecule has 0 amide bonds. The maximum absolute atomic E-state index is 14.0. The number of fused-ring (bicyclic) bond motifs is 4. The van der Waals surface area contributed by atoms with Gasteiger partial charge in [0.2, 0.25) is 6.79 Å². The summed E-state index contributed by atoms with van der Waals surface area (Å²) in [5, 5.41) is 3.61. The van der Waals surface area contributed by atoms with E-state index in [2.05, 4.69) is 38.1 Å². The zero-order valence-electron chi connectivity index (χ0n) is 17.8. The molecule has 0 unspecified atom stereocenters. The predicted molar refractivity (Wildman–Crippen MR) is 130 cm³/mol. The summed E-state index contributed by atoms with van der Waals surface area (Å²) in [4.78, 5) is 0.0954. The van der Waals surface area contributed by atoms with Crippen LogP contribution >= 0.6 is 15.9 Å². The average Bonchev–Trinajstić information content (AvgIpc) is 3.49. The Hall–Kier alpha value is -3.04. The molecule has 3 atom stereocenters. The number of ether oxygens (including phenoxy) is 2. The van der Waals surface area contributed by atoms with Crippen LogP contribution in [0.3, 0.4) is 0 Å². The molecular weight excluding hydrogens is 523 g/mol. The maximum Gasteiger partial charge on any atom is 0.261 e. The number of sulfonamides is 1. The molecule has 6 nitrogen and oxygen atoms in total. The minimum Gasteiger partial charge on any atom is -0.454 e. The van der Waals surface area contributed by atoms with Crippen LogP contribution in [-0.2, 0) is 10.0 Å². The zero-order chi connectivity index (χ0) is 23.4. The Morgan fingerprint density at radius 2 is 1.82 bits per heavy atom. The van der Waals surface area contributed by atoms with Crippen molar-refractivity contribution >= 4 is 37.3 Å². The van der Waals surface area contributed by atoms with Crippen molar-refractivity contribution < 1.29 is 22.3 Å². The number of benzene rings is 3. The van der Waals surface area contributed by atoms with Crippen molar-refractivity contribution in [3.63, 3.8) is 0 Å². The van der Waals surface area contributed by atoms with E-state index in [-0.39, 0.29) is 35.3 Å². The molecule has 6 rings (SSSR count). The van der Waals surface area contributed by atoms with E-state index >= 15 is 0 Å². The number of rotatable bonds is 4. The first-order chi connectivity index (χ1) is 16.4. The molecule has 0 fully saturated rings. The highest BCUT2D eigenvalue weighted by Crippen LogP contribution is 2.52. The summed E-state index contributed by atoms with van der Waals surface area (Å²) < 4.78 is 54.5. The monoisotopic (exact) mass is 542 g/mol. The van der Waals surface area contributed by atoms with Gasteiger partial charge in [0, 0.05) is 16.1 Å². The molecule has 2 N–H and O–H groups in total. The highest BCUT2D eigenvalue weighted by Gasteiger charge is 2.39. The molecule has 1 aliphatic carbocycles. The molecule has 3 aromatic carbocycles. The Morgan fingerprint density at radius 3 is 2.65 bits per heavy atom. The van der Waals surface area contributed by atoms with Crippen LogP contribution in [0.5, 0.6) is 11.5 Å². The molecule has 3 aromatic rings. The molecule has 9 heteroatoms. The Balaban J connectivity index is 1.36. The first kappa shape index (κ1) is 21.5. The summed E-state index contributed by atoms with van der Waals surface area (Å²) >= 11 is 3.68. The normalized spacial score (nSPS) is 22.1. The van der Waals surface area contributed by atoms with Gasteiger partial charge in [-0.15, -0.1) is 0 Å². The third kappa shape index (κ3) is 3.54. The third-order valence-corrected chi connectivity index (χ3v) is 8.64. The molecule has 0 saturated carbocycles. The number of anilines is 2. The smallest absolute Gasteiger partial charge is 0.261 e. The Labute approximate surface area is 205 Å². The van der Waals surface area contributed by atoms with Gasteiger partial charge in [-0.3, -0.25) is 4.72 Å². The predicted octanol–water partition coefficient (Wildman–Crippen LogP) is 5.94. The van der Waals surface area contributed by atoms with E-state index in [1.807, 2.05) is 12.1 Å². The number of para-hydroxylation sites is 1. The van der Waals surface area contributed by atoms with Crippen LogP contribution in [0.15, 0.2) is 76.1 Å². The van der Waals surface area contributed by atoms with Crippen LogP contribution in [0.25, 0.3) is 0 Å². The number of allylic oxidation sites excluding steroid dienone is 2. The van der Waals surface area contributed by atoms with Crippen molar-refractivity contribution in [2.75, 3.05) is 16.8 Å². The second kappa shape index (κ2) is 8.02. The summed E-state index contributed by atoms with van der Waals surface area (Å²) in [6.07, 6.45) is 5.13. The van der Waals surface area contributed by atoms with E-state index in [4.69, 9.17) is 9.47 Å². The number of hydrogen-bond donors (Lipinski definition) is 2. The maximum atomic E-state index is 14.0. The van der Waals surface area contributed by atoms with Crippen molar-refractivity contribution in [2.45, 2.75) is 23.3 Å². The summed E-state index contributed by atoms with van der Waals surface area (Å²) in [6, 6.07) is 14.6. The van der Waals surface area contributed by atoms with Gasteiger partial charge in [-0.1, -0.05) is 40.2 Å². The van der Waals surface area contributed by atoms with Gasteiger partial charge < -0.3 is 14.8 Å². The largest absolute Gasteiger partial charge is 0.454 e. The second-order valence-corrected chi connectivity index (χ2v) is 11.1. The van der Waals surface area contributed by atoms with E-state index in [9.17, 15) is 12.8 Å². The third-order valence-electron chi connectivity index (χ3n) is 6.59. The lowest BCUT2D eigenvalue weighted by Gasteiger charge is -2.38. The van der Waals surface area contributed by atoms with Crippen molar-refractivity contribution in [1.29, 1.82) is 0 Å². The number of hydrogen-bond acceptors (Lipinski definition) is 5. The van der Waals surface area contributed by atoms with Gasteiger partial charge in [0.1, 0.15) is 5.82 Å². The first-order valence-electron chi connectivity index (χ1n) is 10.8. The van der Waals surface area contributed by atoms with Crippen LogP contribution in [0.1, 0.15) is 29.5 Å². The quantitative estimate of drug-likeness (QED) is 0.398. The lowest BCUT2D eigenvalue weighted by molar-refractivity contribution is 0.174. The standard InChI is InChI=1S/C25H20BrFN2O4S/c26-19-12-24-23(32-13-33-24)11-18(19)25-16-5-3-4-15(16)17-10-14(8-9-21(17)28-25)34(30,31)29-22-7-2-1-6-20(22)27/h1-4,6-12,15-16,25,28-29H,5,13H2/t15-,16+,25-/m0/s1. The van der Waals surface area contributed by atoms with Crippen molar-refractivity contribution in [2.24, 2.45) is 5.92 Å². The van der Waals surface area contributed by atoms with E-state index in [1.54, 1.807) is 24.3 Å². The van der Waals surface area contributed by atoms with Gasteiger partial charge in [0.05, 0.1) is 16.6 Å². The summed E-state index contributed by atoms with van der Waals surface area (Å²) in [6.45, 7) is 0.206. The minimum atomic E-state index is -3.96. The fourth-order valence-corrected chi connectivity index (χ4v) is 6.64. The van der Waals surface area contributed by atoms with Crippen LogP contribution in [-0.4, -0.2) is 15.2 Å². The minimum absolute atomic E-state index is 0.00429. The molecule has 3 aliphatic rings. The van der Waals surface area contributed by atoms with Crippen LogP contribution in [0, 0.1) is 11.7 Å². The molecule has 174 valence electrons. The Bertz CT molecular complexity index is 1440. The highest BCUT2D eigenvalue weighted by molar-refractivity contribution is 9.10.